The van der Waals surface area contributed by atoms with E-state index in [1.807, 2.05) is 17.0 Å². The van der Waals surface area contributed by atoms with Gasteiger partial charge in [0.2, 0.25) is 0 Å². The van der Waals surface area contributed by atoms with E-state index < -0.39 is 0 Å². The normalized spacial score (nSPS) is 21.4. The van der Waals surface area contributed by atoms with Crippen LogP contribution in [0.1, 0.15) is 63.8 Å². The summed E-state index contributed by atoms with van der Waals surface area (Å²) in [6.07, 6.45) is 5.98. The molecular weight excluding hydrogens is 414 g/mol. The number of carbonyl (C=O) groups excluding carboxylic acids is 3. The molecule has 2 aliphatic rings. The van der Waals surface area contributed by atoms with Crippen molar-refractivity contribution in [2.45, 2.75) is 27.2 Å². The van der Waals surface area contributed by atoms with Gasteiger partial charge in [0, 0.05) is 29.5 Å². The van der Waals surface area contributed by atoms with Crippen LogP contribution in [0.25, 0.3) is 5.57 Å². The van der Waals surface area contributed by atoms with E-state index >= 15 is 0 Å². The Morgan fingerprint density at radius 1 is 1.00 bits per heavy atom. The molecule has 2 aromatic rings. The van der Waals surface area contributed by atoms with Gasteiger partial charge in [0.1, 0.15) is 0 Å². The van der Waals surface area contributed by atoms with Crippen LogP contribution in [0, 0.1) is 10.8 Å². The molecule has 170 valence electrons. The standard InChI is InChI=1S/C28H29NO4/c1-27(2)23(19-9-11-20(12-10-19)26(32)33-4)13-15-28(3)18-29(16-14-24(27)28)25(31)22-8-6-5-7-21(22)17-30/h5-14,17H,15-16,18H2,1-4H3. The highest BCUT2D eigenvalue weighted by Gasteiger charge is 2.46. The molecule has 0 radical (unpaired) electrons. The van der Waals surface area contributed by atoms with E-state index in [0.29, 0.717) is 29.8 Å². The van der Waals surface area contributed by atoms with Gasteiger partial charge in [-0.15, -0.1) is 0 Å². The van der Waals surface area contributed by atoms with Gasteiger partial charge in [-0.05, 0) is 35.8 Å². The van der Waals surface area contributed by atoms with Crippen LogP contribution >= 0.6 is 0 Å². The van der Waals surface area contributed by atoms with Crippen molar-refractivity contribution in [1.82, 2.24) is 4.90 Å². The van der Waals surface area contributed by atoms with Crippen LogP contribution in [0.3, 0.4) is 0 Å². The molecule has 0 saturated heterocycles. The van der Waals surface area contributed by atoms with Crippen LogP contribution in [-0.2, 0) is 4.74 Å². The van der Waals surface area contributed by atoms with Gasteiger partial charge in [-0.25, -0.2) is 4.79 Å². The fourth-order valence-corrected chi connectivity index (χ4v) is 5.43. The van der Waals surface area contributed by atoms with Gasteiger partial charge in [0.25, 0.3) is 5.91 Å². The first kappa shape index (κ1) is 22.7. The molecular formula is C28H29NO4. The maximum atomic E-state index is 13.2. The van der Waals surface area contributed by atoms with E-state index in [1.54, 1.807) is 36.4 Å². The molecule has 4 rings (SSSR count). The summed E-state index contributed by atoms with van der Waals surface area (Å²) in [4.78, 5) is 38.3. The molecule has 1 unspecified atom stereocenters. The van der Waals surface area contributed by atoms with Crippen molar-refractivity contribution in [3.63, 3.8) is 0 Å². The highest BCUT2D eigenvalue weighted by atomic mass is 16.5. The summed E-state index contributed by atoms with van der Waals surface area (Å²) in [6.45, 7) is 7.75. The number of hydrogen-bond donors (Lipinski definition) is 0. The van der Waals surface area contributed by atoms with Crippen LogP contribution in [0.4, 0.5) is 0 Å². The zero-order chi connectivity index (χ0) is 23.8. The molecule has 0 fully saturated rings. The Balaban J connectivity index is 1.62. The molecule has 0 bridgehead atoms. The zero-order valence-electron chi connectivity index (χ0n) is 19.6. The molecule has 1 heterocycles. The van der Waals surface area contributed by atoms with Crippen molar-refractivity contribution in [2.75, 3.05) is 20.2 Å². The Bertz CT molecular complexity index is 1170. The van der Waals surface area contributed by atoms with Crippen LogP contribution in [0.5, 0.6) is 0 Å². The smallest absolute Gasteiger partial charge is 0.337 e. The molecule has 1 aliphatic heterocycles. The highest BCUT2D eigenvalue weighted by Crippen LogP contribution is 2.55. The number of fused-ring (bicyclic) bond motifs is 1. The van der Waals surface area contributed by atoms with E-state index in [-0.39, 0.29) is 22.7 Å². The molecule has 0 N–H and O–H groups in total. The zero-order valence-corrected chi connectivity index (χ0v) is 19.6. The number of aldehydes is 1. The minimum absolute atomic E-state index is 0.111. The molecule has 33 heavy (non-hydrogen) atoms. The number of allylic oxidation sites excluding steroid dienone is 2. The Morgan fingerprint density at radius 3 is 2.36 bits per heavy atom. The average Bonchev–Trinajstić information content (AvgIpc) is 2.82. The topological polar surface area (TPSA) is 63.7 Å². The molecule has 0 saturated carbocycles. The van der Waals surface area contributed by atoms with Gasteiger partial charge in [0.05, 0.1) is 18.2 Å². The fraction of sp³-hybridized carbons (Fsp3) is 0.321. The van der Waals surface area contributed by atoms with Crippen molar-refractivity contribution in [3.05, 3.63) is 88.5 Å². The third kappa shape index (κ3) is 3.92. The van der Waals surface area contributed by atoms with Gasteiger partial charge in [-0.3, -0.25) is 9.59 Å². The maximum Gasteiger partial charge on any atom is 0.337 e. The minimum Gasteiger partial charge on any atom is -0.465 e. The second-order valence-electron chi connectivity index (χ2n) is 9.59. The second-order valence-corrected chi connectivity index (χ2v) is 9.59. The van der Waals surface area contributed by atoms with Crippen LogP contribution in [-0.4, -0.2) is 43.3 Å². The Kier molecular flexibility index (Phi) is 5.83. The lowest BCUT2D eigenvalue weighted by molar-refractivity contribution is 0.0600. The molecule has 5 heteroatoms. The van der Waals surface area contributed by atoms with Gasteiger partial charge < -0.3 is 9.64 Å². The third-order valence-electron chi connectivity index (χ3n) is 7.03. The van der Waals surface area contributed by atoms with Gasteiger partial charge >= 0.3 is 5.97 Å². The molecule has 1 aliphatic carbocycles. The second kappa shape index (κ2) is 8.47. The van der Waals surface area contributed by atoms with Gasteiger partial charge in [-0.1, -0.05) is 68.8 Å². The number of hydrogen-bond acceptors (Lipinski definition) is 4. The quantitative estimate of drug-likeness (QED) is 0.371. The first-order valence-electron chi connectivity index (χ1n) is 11.2. The number of amides is 1. The number of carbonyl (C=O) groups is 3. The molecule has 1 atom stereocenters. The summed E-state index contributed by atoms with van der Waals surface area (Å²) in [5.41, 5.74) is 4.59. The number of benzene rings is 2. The van der Waals surface area contributed by atoms with Crippen molar-refractivity contribution < 1.29 is 19.1 Å². The lowest BCUT2D eigenvalue weighted by Crippen LogP contribution is -2.48. The molecule has 2 aromatic carbocycles. The third-order valence-corrected chi connectivity index (χ3v) is 7.03. The Morgan fingerprint density at radius 2 is 1.70 bits per heavy atom. The molecule has 1 amide bonds. The molecule has 5 nitrogen and oxygen atoms in total. The van der Waals surface area contributed by atoms with Gasteiger partial charge in [0.15, 0.2) is 6.29 Å². The lowest BCUT2D eigenvalue weighted by atomic mass is 9.58. The summed E-state index contributed by atoms with van der Waals surface area (Å²) in [7, 11) is 1.38. The summed E-state index contributed by atoms with van der Waals surface area (Å²) < 4.78 is 4.81. The SMILES string of the molecule is COC(=O)c1ccc(C2=CCC3(C)CN(C(=O)c4ccccc4C=O)CC=C3C2(C)C)cc1. The average molecular weight is 444 g/mol. The fourth-order valence-electron chi connectivity index (χ4n) is 5.43. The number of rotatable bonds is 4. The minimum atomic E-state index is -0.345. The van der Waals surface area contributed by atoms with E-state index in [2.05, 4.69) is 32.9 Å². The van der Waals surface area contributed by atoms with Crippen LogP contribution in [0.15, 0.2) is 66.3 Å². The number of esters is 1. The number of methoxy groups -OCH3 is 1. The van der Waals surface area contributed by atoms with Gasteiger partial charge in [-0.2, -0.15) is 0 Å². The maximum absolute atomic E-state index is 13.2. The van der Waals surface area contributed by atoms with Crippen molar-refractivity contribution in [3.8, 4) is 0 Å². The van der Waals surface area contributed by atoms with Crippen molar-refractivity contribution in [1.29, 1.82) is 0 Å². The van der Waals surface area contributed by atoms with E-state index in [1.165, 1.54) is 18.3 Å². The number of nitrogens with zero attached hydrogens (tertiary/aromatic N) is 1. The van der Waals surface area contributed by atoms with Crippen molar-refractivity contribution in [2.24, 2.45) is 10.8 Å². The van der Waals surface area contributed by atoms with E-state index in [9.17, 15) is 14.4 Å². The van der Waals surface area contributed by atoms with E-state index in [0.717, 1.165) is 18.3 Å². The number of ether oxygens (including phenoxy) is 1. The summed E-state index contributed by atoms with van der Waals surface area (Å²) in [5, 5.41) is 0. The Labute approximate surface area is 194 Å². The monoisotopic (exact) mass is 443 g/mol. The summed E-state index contributed by atoms with van der Waals surface area (Å²) >= 11 is 0. The summed E-state index contributed by atoms with van der Waals surface area (Å²) in [6, 6.07) is 14.5. The first-order valence-corrected chi connectivity index (χ1v) is 11.2. The predicted molar refractivity (Wildman–Crippen MR) is 128 cm³/mol. The lowest BCUT2D eigenvalue weighted by Gasteiger charge is -2.50. The molecule has 0 aromatic heterocycles. The largest absolute Gasteiger partial charge is 0.465 e. The summed E-state index contributed by atoms with van der Waals surface area (Å²) in [5.74, 6) is -0.456. The van der Waals surface area contributed by atoms with E-state index in [4.69, 9.17) is 4.74 Å². The van der Waals surface area contributed by atoms with Crippen LogP contribution in [0.2, 0.25) is 0 Å². The first-order chi connectivity index (χ1) is 15.7. The highest BCUT2D eigenvalue weighted by molar-refractivity contribution is 6.01. The van der Waals surface area contributed by atoms with Crippen molar-refractivity contribution >= 4 is 23.7 Å². The molecule has 0 spiro atoms. The Hall–Kier alpha value is -3.47. The predicted octanol–water partition coefficient (Wildman–Crippen LogP) is 5.19. The van der Waals surface area contributed by atoms with Crippen LogP contribution < -0.4 is 0 Å².